The molecule has 3 atom stereocenters. The van der Waals surface area contributed by atoms with Gasteiger partial charge in [-0.05, 0) is 81.4 Å². The smallest absolute Gasteiger partial charge is 0.0544 e. The minimum Gasteiger partial charge on any atom is -0.393 e. The second-order valence-electron chi connectivity index (χ2n) is 8.16. The van der Waals surface area contributed by atoms with Crippen LogP contribution in [0.15, 0.2) is 48.5 Å². The van der Waals surface area contributed by atoms with Gasteiger partial charge in [0.2, 0.25) is 0 Å². The van der Waals surface area contributed by atoms with Gasteiger partial charge in [-0.3, -0.25) is 0 Å². The Morgan fingerprint density at radius 3 is 2.46 bits per heavy atom. The maximum Gasteiger partial charge on any atom is 0.0544 e. The van der Waals surface area contributed by atoms with Crippen LogP contribution in [-0.4, -0.2) is 36.8 Å². The van der Waals surface area contributed by atoms with Crippen molar-refractivity contribution in [2.45, 2.75) is 44.1 Å². The third-order valence-corrected chi connectivity index (χ3v) is 6.21. The topological polar surface area (TPSA) is 23.5 Å². The van der Waals surface area contributed by atoms with Crippen molar-refractivity contribution in [3.8, 4) is 0 Å². The molecule has 1 saturated carbocycles. The summed E-state index contributed by atoms with van der Waals surface area (Å²) in [4.78, 5) is 2.26. The summed E-state index contributed by atoms with van der Waals surface area (Å²) in [7, 11) is 4.26. The van der Waals surface area contributed by atoms with Crippen molar-refractivity contribution >= 4 is 11.6 Å². The Bertz CT molecular complexity index is 725. The van der Waals surface area contributed by atoms with Gasteiger partial charge in [-0.1, -0.05) is 48.0 Å². The summed E-state index contributed by atoms with van der Waals surface area (Å²) in [5.74, 6) is 0.415. The number of nitrogens with zero attached hydrogens (tertiary/aromatic N) is 1. The molecule has 0 aliphatic heterocycles. The molecule has 2 aromatic rings. The average Bonchev–Trinajstić information content (AvgIpc) is 2.59. The number of aliphatic hydroxyl groups is 1. The molecule has 0 aromatic heterocycles. The lowest BCUT2D eigenvalue weighted by atomic mass is 9.58. The molecule has 1 aliphatic rings. The second kappa shape index (κ2) is 8.12. The van der Waals surface area contributed by atoms with Crippen LogP contribution in [0.4, 0.5) is 0 Å². The highest BCUT2D eigenvalue weighted by molar-refractivity contribution is 6.30. The first-order valence-corrected chi connectivity index (χ1v) is 9.92. The molecular formula is C23H30ClNO. The lowest BCUT2D eigenvalue weighted by molar-refractivity contribution is 0.0378. The predicted molar refractivity (Wildman–Crippen MR) is 110 cm³/mol. The molecule has 0 radical (unpaired) electrons. The maximum atomic E-state index is 10.4. The Morgan fingerprint density at radius 2 is 1.81 bits per heavy atom. The average molecular weight is 372 g/mol. The second-order valence-corrected chi connectivity index (χ2v) is 8.60. The van der Waals surface area contributed by atoms with Gasteiger partial charge in [0.15, 0.2) is 0 Å². The highest BCUT2D eigenvalue weighted by Crippen LogP contribution is 2.47. The molecule has 0 saturated heterocycles. The minimum atomic E-state index is -0.192. The van der Waals surface area contributed by atoms with E-state index in [1.165, 1.54) is 16.7 Å². The van der Waals surface area contributed by atoms with Crippen LogP contribution in [0.1, 0.15) is 36.0 Å². The van der Waals surface area contributed by atoms with Crippen LogP contribution >= 0.6 is 11.6 Å². The molecule has 1 aliphatic carbocycles. The monoisotopic (exact) mass is 371 g/mol. The van der Waals surface area contributed by atoms with Crippen molar-refractivity contribution in [2.75, 3.05) is 20.6 Å². The highest BCUT2D eigenvalue weighted by atomic mass is 35.5. The first kappa shape index (κ1) is 19.4. The van der Waals surface area contributed by atoms with E-state index < -0.39 is 0 Å². The summed E-state index contributed by atoms with van der Waals surface area (Å²) in [6.45, 7) is 3.20. The summed E-state index contributed by atoms with van der Waals surface area (Å²) >= 11 is 6.11. The standard InChI is InChI=1S/C23H30ClNO/c1-17-6-4-5-7-22(17)23(15-18-8-10-20(24)11-9-18)13-12-21(26)14-19(23)16-25(2)3/h4-11,19,21,26H,12-16H2,1-3H3. The number of rotatable bonds is 5. The first-order chi connectivity index (χ1) is 12.4. The van der Waals surface area contributed by atoms with Crippen LogP contribution in [0.2, 0.25) is 5.02 Å². The Kier molecular flexibility index (Phi) is 6.06. The van der Waals surface area contributed by atoms with E-state index in [1.807, 2.05) is 12.1 Å². The molecule has 26 heavy (non-hydrogen) atoms. The van der Waals surface area contributed by atoms with E-state index in [1.54, 1.807) is 0 Å². The lowest BCUT2D eigenvalue weighted by Crippen LogP contribution is -2.48. The van der Waals surface area contributed by atoms with E-state index >= 15 is 0 Å². The van der Waals surface area contributed by atoms with Gasteiger partial charge in [0.1, 0.15) is 0 Å². The number of halogens is 1. The third-order valence-electron chi connectivity index (χ3n) is 5.96. The molecule has 1 N–H and O–H groups in total. The first-order valence-electron chi connectivity index (χ1n) is 9.54. The summed E-state index contributed by atoms with van der Waals surface area (Å²) < 4.78 is 0. The zero-order chi connectivity index (χ0) is 18.7. The van der Waals surface area contributed by atoms with E-state index in [4.69, 9.17) is 11.6 Å². The van der Waals surface area contributed by atoms with Crippen LogP contribution in [0.5, 0.6) is 0 Å². The largest absolute Gasteiger partial charge is 0.393 e. The van der Waals surface area contributed by atoms with Gasteiger partial charge in [0.25, 0.3) is 0 Å². The molecule has 1 fully saturated rings. The molecule has 0 amide bonds. The summed E-state index contributed by atoms with van der Waals surface area (Å²) in [6.07, 6.45) is 3.54. The van der Waals surface area contributed by atoms with Gasteiger partial charge in [0.05, 0.1) is 6.10 Å². The van der Waals surface area contributed by atoms with Gasteiger partial charge >= 0.3 is 0 Å². The molecular weight excluding hydrogens is 342 g/mol. The molecule has 0 heterocycles. The van der Waals surface area contributed by atoms with Gasteiger partial charge in [-0.15, -0.1) is 0 Å². The van der Waals surface area contributed by atoms with Gasteiger partial charge in [-0.2, -0.15) is 0 Å². The number of hydrogen-bond donors (Lipinski definition) is 1. The maximum absolute atomic E-state index is 10.4. The van der Waals surface area contributed by atoms with E-state index in [2.05, 4.69) is 62.3 Å². The Labute approximate surface area is 162 Å². The number of aryl methyl sites for hydroxylation is 1. The molecule has 3 heteroatoms. The van der Waals surface area contributed by atoms with Crippen LogP contribution in [0.3, 0.4) is 0 Å². The molecule has 3 unspecified atom stereocenters. The van der Waals surface area contributed by atoms with Crippen LogP contribution in [0, 0.1) is 12.8 Å². The molecule has 3 rings (SSSR count). The predicted octanol–water partition coefficient (Wildman–Crippen LogP) is 4.85. The van der Waals surface area contributed by atoms with Crippen molar-refractivity contribution in [3.63, 3.8) is 0 Å². The van der Waals surface area contributed by atoms with Crippen LogP contribution in [-0.2, 0) is 11.8 Å². The van der Waals surface area contributed by atoms with Crippen molar-refractivity contribution in [3.05, 3.63) is 70.2 Å². The van der Waals surface area contributed by atoms with Crippen molar-refractivity contribution in [1.29, 1.82) is 0 Å². The fourth-order valence-electron chi connectivity index (χ4n) is 4.77. The number of benzene rings is 2. The van der Waals surface area contributed by atoms with Crippen LogP contribution in [0.25, 0.3) is 0 Å². The zero-order valence-corrected chi connectivity index (χ0v) is 16.8. The highest BCUT2D eigenvalue weighted by Gasteiger charge is 2.45. The molecule has 0 spiro atoms. The summed E-state index contributed by atoms with van der Waals surface area (Å²) in [6, 6.07) is 17.1. The van der Waals surface area contributed by atoms with E-state index in [0.29, 0.717) is 5.92 Å². The van der Waals surface area contributed by atoms with E-state index in [9.17, 15) is 5.11 Å². The quantitative estimate of drug-likeness (QED) is 0.811. The van der Waals surface area contributed by atoms with Gasteiger partial charge in [0, 0.05) is 17.0 Å². The Morgan fingerprint density at radius 1 is 1.12 bits per heavy atom. The summed E-state index contributed by atoms with van der Waals surface area (Å²) in [5, 5.41) is 11.2. The fourth-order valence-corrected chi connectivity index (χ4v) is 4.90. The Balaban J connectivity index is 2.07. The number of aliphatic hydroxyl groups excluding tert-OH is 1. The summed E-state index contributed by atoms with van der Waals surface area (Å²) in [5.41, 5.74) is 4.15. The van der Waals surface area contributed by atoms with Gasteiger partial charge < -0.3 is 10.0 Å². The number of hydrogen-bond acceptors (Lipinski definition) is 2. The third kappa shape index (κ3) is 4.14. The molecule has 2 nitrogen and oxygen atoms in total. The molecule has 140 valence electrons. The molecule has 2 aromatic carbocycles. The zero-order valence-electron chi connectivity index (χ0n) is 16.1. The van der Waals surface area contributed by atoms with Gasteiger partial charge in [-0.25, -0.2) is 0 Å². The van der Waals surface area contributed by atoms with Crippen molar-refractivity contribution in [2.24, 2.45) is 5.92 Å². The normalized spacial score (nSPS) is 26.2. The van der Waals surface area contributed by atoms with E-state index in [-0.39, 0.29) is 11.5 Å². The van der Waals surface area contributed by atoms with Crippen molar-refractivity contribution < 1.29 is 5.11 Å². The lowest BCUT2D eigenvalue weighted by Gasteiger charge is -2.48. The molecule has 0 bridgehead atoms. The SMILES string of the molecule is Cc1ccccc1C1(Cc2ccc(Cl)cc2)CCC(O)CC1CN(C)C. The minimum absolute atomic E-state index is 0.0443. The van der Waals surface area contributed by atoms with Crippen LogP contribution < -0.4 is 0 Å². The van der Waals surface area contributed by atoms with E-state index in [0.717, 1.165) is 37.3 Å². The van der Waals surface area contributed by atoms with Crippen molar-refractivity contribution in [1.82, 2.24) is 4.90 Å². The Hall–Kier alpha value is -1.35. The fraction of sp³-hybridized carbons (Fsp3) is 0.478.